The van der Waals surface area contributed by atoms with Crippen LogP contribution in [0.25, 0.3) is 0 Å². The number of hydrogen-bond donors (Lipinski definition) is 2. The molecule has 4 bridgehead atoms. The predicted molar refractivity (Wildman–Crippen MR) is 162 cm³/mol. The minimum atomic E-state index is 0.151. The zero-order valence-corrected chi connectivity index (χ0v) is 25.3. The predicted octanol–water partition coefficient (Wildman–Crippen LogP) is 8.83. The molecule has 224 valence electrons. The van der Waals surface area contributed by atoms with E-state index in [0.717, 1.165) is 38.1 Å². The van der Waals surface area contributed by atoms with Crippen molar-refractivity contribution < 1.29 is 9.47 Å². The summed E-state index contributed by atoms with van der Waals surface area (Å²) in [5.41, 5.74) is 11.5. The zero-order chi connectivity index (χ0) is 26.8. The van der Waals surface area contributed by atoms with Crippen molar-refractivity contribution in [2.45, 2.75) is 178 Å². The summed E-state index contributed by atoms with van der Waals surface area (Å²) in [7, 11) is 0. The monoisotopic (exact) mass is 535 g/mol. The van der Waals surface area contributed by atoms with Crippen LogP contribution in [-0.2, 0) is 9.47 Å². The third-order valence-corrected chi connectivity index (χ3v) is 9.97. The standard InChI is InChI=1S/C34H66N2O2/c35-21-17-13-9-5-1-3-7-11-15-19-23-37-33-26-31-25-32(27-33)29-34(28-31,30-33)38-24-20-16-12-8-4-2-6-10-14-18-22-36/h31-32H,1-30,35-36H2. The minimum Gasteiger partial charge on any atom is -0.375 e. The van der Waals surface area contributed by atoms with E-state index in [4.69, 9.17) is 20.9 Å². The molecule has 0 aromatic rings. The molecule has 4 nitrogen and oxygen atoms in total. The maximum atomic E-state index is 6.77. The highest BCUT2D eigenvalue weighted by atomic mass is 16.5. The Kier molecular flexibility index (Phi) is 16.2. The van der Waals surface area contributed by atoms with E-state index >= 15 is 0 Å². The first kappa shape index (κ1) is 32.4. The SMILES string of the molecule is NCCCCCCCCCCCCOC12CC3CC(C1)CC(OCCCCCCCCCCCCN)(C3)C2. The van der Waals surface area contributed by atoms with Gasteiger partial charge < -0.3 is 20.9 Å². The number of ether oxygens (including phenoxy) is 2. The van der Waals surface area contributed by atoms with E-state index in [2.05, 4.69) is 0 Å². The van der Waals surface area contributed by atoms with Gasteiger partial charge in [0.15, 0.2) is 0 Å². The zero-order valence-electron chi connectivity index (χ0n) is 25.3. The van der Waals surface area contributed by atoms with Crippen LogP contribution in [0.4, 0.5) is 0 Å². The second-order valence-corrected chi connectivity index (χ2v) is 13.7. The highest BCUT2D eigenvalue weighted by Gasteiger charge is 2.59. The van der Waals surface area contributed by atoms with Gasteiger partial charge in [-0.2, -0.15) is 0 Å². The molecule has 4 aliphatic rings. The quantitative estimate of drug-likeness (QED) is 0.109. The lowest BCUT2D eigenvalue weighted by atomic mass is 9.52. The van der Waals surface area contributed by atoms with E-state index in [1.807, 2.05) is 0 Å². The Bertz CT molecular complexity index is 523. The molecular formula is C34H66N2O2. The summed E-state index contributed by atoms with van der Waals surface area (Å²) in [5, 5.41) is 0. The maximum Gasteiger partial charge on any atom is 0.0715 e. The summed E-state index contributed by atoms with van der Waals surface area (Å²) >= 11 is 0. The van der Waals surface area contributed by atoms with E-state index in [0.29, 0.717) is 0 Å². The van der Waals surface area contributed by atoms with Gasteiger partial charge in [-0.1, -0.05) is 103 Å². The van der Waals surface area contributed by atoms with Crippen LogP contribution in [0, 0.1) is 11.8 Å². The van der Waals surface area contributed by atoms with Gasteiger partial charge in [0.1, 0.15) is 0 Å². The van der Waals surface area contributed by atoms with E-state index in [1.165, 1.54) is 167 Å². The highest BCUT2D eigenvalue weighted by molar-refractivity contribution is 5.10. The van der Waals surface area contributed by atoms with E-state index in [9.17, 15) is 0 Å². The van der Waals surface area contributed by atoms with Gasteiger partial charge in [0, 0.05) is 19.6 Å². The fourth-order valence-electron chi connectivity index (χ4n) is 8.33. The Morgan fingerprint density at radius 3 is 1.03 bits per heavy atom. The molecule has 0 unspecified atom stereocenters. The Morgan fingerprint density at radius 1 is 0.421 bits per heavy atom. The lowest BCUT2D eigenvalue weighted by Crippen LogP contribution is -2.61. The van der Waals surface area contributed by atoms with Gasteiger partial charge in [-0.25, -0.2) is 0 Å². The summed E-state index contributed by atoms with van der Waals surface area (Å²) in [6.45, 7) is 3.66. The summed E-state index contributed by atoms with van der Waals surface area (Å²) in [6.07, 6.45) is 34.8. The molecule has 0 atom stereocenters. The summed E-state index contributed by atoms with van der Waals surface area (Å²) < 4.78 is 13.5. The van der Waals surface area contributed by atoms with Crippen LogP contribution in [0.2, 0.25) is 0 Å². The highest BCUT2D eigenvalue weighted by Crippen LogP contribution is 2.60. The molecule has 4 fully saturated rings. The van der Waals surface area contributed by atoms with Crippen molar-refractivity contribution in [2.75, 3.05) is 26.3 Å². The molecule has 0 aliphatic heterocycles. The molecule has 4 aliphatic carbocycles. The smallest absolute Gasteiger partial charge is 0.0715 e. The molecular weight excluding hydrogens is 468 g/mol. The number of rotatable bonds is 26. The Labute approximate surface area is 237 Å². The van der Waals surface area contributed by atoms with E-state index < -0.39 is 0 Å². The molecule has 4 saturated carbocycles. The molecule has 4 heteroatoms. The first-order chi connectivity index (χ1) is 18.7. The van der Waals surface area contributed by atoms with Crippen LogP contribution in [0.5, 0.6) is 0 Å². The van der Waals surface area contributed by atoms with Gasteiger partial charge in [-0.3, -0.25) is 0 Å². The third-order valence-electron chi connectivity index (χ3n) is 9.97. The van der Waals surface area contributed by atoms with Gasteiger partial charge in [0.05, 0.1) is 11.2 Å². The summed E-state index contributed by atoms with van der Waals surface area (Å²) in [5.74, 6) is 1.71. The first-order valence-corrected chi connectivity index (χ1v) is 17.4. The van der Waals surface area contributed by atoms with Crippen molar-refractivity contribution in [3.8, 4) is 0 Å². The van der Waals surface area contributed by atoms with Crippen molar-refractivity contribution in [3.05, 3.63) is 0 Å². The van der Waals surface area contributed by atoms with Crippen LogP contribution in [0.15, 0.2) is 0 Å². The molecule has 4 N–H and O–H groups in total. The molecule has 0 spiro atoms. The fourth-order valence-corrected chi connectivity index (χ4v) is 8.33. The first-order valence-electron chi connectivity index (χ1n) is 17.4. The molecule has 0 saturated heterocycles. The lowest BCUT2D eigenvalue weighted by molar-refractivity contribution is -0.237. The average molecular weight is 535 g/mol. The van der Waals surface area contributed by atoms with E-state index in [1.54, 1.807) is 0 Å². The Morgan fingerprint density at radius 2 is 0.711 bits per heavy atom. The van der Waals surface area contributed by atoms with Crippen LogP contribution >= 0.6 is 0 Å². The van der Waals surface area contributed by atoms with Crippen molar-refractivity contribution in [1.29, 1.82) is 0 Å². The van der Waals surface area contributed by atoms with Gasteiger partial charge in [-0.05, 0) is 82.7 Å². The van der Waals surface area contributed by atoms with Crippen LogP contribution in [0.3, 0.4) is 0 Å². The van der Waals surface area contributed by atoms with Gasteiger partial charge in [0.2, 0.25) is 0 Å². The molecule has 0 amide bonds. The van der Waals surface area contributed by atoms with Crippen LogP contribution in [-0.4, -0.2) is 37.5 Å². The molecule has 0 radical (unpaired) electrons. The molecule has 38 heavy (non-hydrogen) atoms. The van der Waals surface area contributed by atoms with Gasteiger partial charge in [0.25, 0.3) is 0 Å². The Hall–Kier alpha value is -0.160. The van der Waals surface area contributed by atoms with Crippen LogP contribution < -0.4 is 11.5 Å². The molecule has 0 aromatic heterocycles. The van der Waals surface area contributed by atoms with Crippen molar-refractivity contribution >= 4 is 0 Å². The maximum absolute atomic E-state index is 6.77. The normalized spacial score (nSPS) is 27.9. The fraction of sp³-hybridized carbons (Fsp3) is 1.00. The van der Waals surface area contributed by atoms with E-state index in [-0.39, 0.29) is 11.2 Å². The second kappa shape index (κ2) is 19.1. The second-order valence-electron chi connectivity index (χ2n) is 13.7. The number of nitrogens with two attached hydrogens (primary N) is 2. The van der Waals surface area contributed by atoms with Crippen molar-refractivity contribution in [3.63, 3.8) is 0 Å². The third kappa shape index (κ3) is 12.1. The number of unbranched alkanes of at least 4 members (excludes halogenated alkanes) is 18. The molecule has 0 aromatic carbocycles. The average Bonchev–Trinajstić information content (AvgIpc) is 2.89. The number of hydrogen-bond acceptors (Lipinski definition) is 4. The molecule has 4 rings (SSSR count). The van der Waals surface area contributed by atoms with Gasteiger partial charge >= 0.3 is 0 Å². The molecule has 0 heterocycles. The summed E-state index contributed by atoms with van der Waals surface area (Å²) in [4.78, 5) is 0. The Balaban J connectivity index is 1.21. The topological polar surface area (TPSA) is 70.5 Å². The summed E-state index contributed by atoms with van der Waals surface area (Å²) in [6, 6.07) is 0. The van der Waals surface area contributed by atoms with Crippen molar-refractivity contribution in [2.24, 2.45) is 23.3 Å². The van der Waals surface area contributed by atoms with Crippen LogP contribution in [0.1, 0.15) is 167 Å². The van der Waals surface area contributed by atoms with Gasteiger partial charge in [-0.15, -0.1) is 0 Å². The minimum absolute atomic E-state index is 0.151. The largest absolute Gasteiger partial charge is 0.375 e. The van der Waals surface area contributed by atoms with Crippen molar-refractivity contribution in [1.82, 2.24) is 0 Å². The lowest BCUT2D eigenvalue weighted by Gasteiger charge is -2.61.